The van der Waals surface area contributed by atoms with Crippen LogP contribution in [0.5, 0.6) is 0 Å². The van der Waals surface area contributed by atoms with Gasteiger partial charge in [0.25, 0.3) is 0 Å². The third-order valence-corrected chi connectivity index (χ3v) is 3.57. The average molecular weight is 365 g/mol. The number of carboxylic acids is 1. The van der Waals surface area contributed by atoms with Crippen LogP contribution >= 0.6 is 0 Å². The lowest BCUT2D eigenvalue weighted by atomic mass is 10.1. The average Bonchev–Trinajstić information content (AvgIpc) is 2.60. The summed E-state index contributed by atoms with van der Waals surface area (Å²) in [4.78, 5) is 46.5. The fraction of sp³-hybridized carbons (Fsp3) is 0.412. The van der Waals surface area contributed by atoms with Crippen molar-refractivity contribution in [2.45, 2.75) is 37.9 Å². The lowest BCUT2D eigenvalue weighted by Crippen LogP contribution is -2.51. The molecule has 0 aromatic heterocycles. The molecule has 9 nitrogen and oxygen atoms in total. The molecule has 0 fully saturated rings. The van der Waals surface area contributed by atoms with Gasteiger partial charge in [-0.25, -0.2) is 4.79 Å². The molecular weight excluding hydrogens is 342 g/mol. The van der Waals surface area contributed by atoms with E-state index in [4.69, 9.17) is 10.8 Å². The van der Waals surface area contributed by atoms with E-state index in [-0.39, 0.29) is 6.42 Å². The molecule has 1 aromatic rings. The monoisotopic (exact) mass is 365 g/mol. The normalized spacial score (nSPS) is 13.8. The first-order chi connectivity index (χ1) is 12.2. The molecule has 3 atom stereocenters. The number of nitrogens with one attached hydrogen (secondary N) is 2. The van der Waals surface area contributed by atoms with Gasteiger partial charge in [-0.15, -0.1) is 0 Å². The van der Waals surface area contributed by atoms with Crippen LogP contribution in [0.25, 0.3) is 0 Å². The number of carbonyl (C=O) groups is 4. The minimum Gasteiger partial charge on any atom is -0.480 e. The van der Waals surface area contributed by atoms with Crippen LogP contribution in [0.2, 0.25) is 0 Å². The van der Waals surface area contributed by atoms with Gasteiger partial charge >= 0.3 is 11.9 Å². The van der Waals surface area contributed by atoms with Gasteiger partial charge in [0.05, 0.1) is 19.6 Å². The van der Waals surface area contributed by atoms with E-state index in [1.807, 2.05) is 6.07 Å². The zero-order valence-electron chi connectivity index (χ0n) is 14.6. The van der Waals surface area contributed by atoms with E-state index in [9.17, 15) is 19.2 Å². The third-order valence-electron chi connectivity index (χ3n) is 3.57. The van der Waals surface area contributed by atoms with Crippen molar-refractivity contribution in [1.82, 2.24) is 10.6 Å². The highest BCUT2D eigenvalue weighted by molar-refractivity contribution is 5.92. The van der Waals surface area contributed by atoms with Crippen molar-refractivity contribution >= 4 is 23.8 Å². The van der Waals surface area contributed by atoms with Gasteiger partial charge in [-0.05, 0) is 12.5 Å². The Hall–Kier alpha value is -2.94. The highest BCUT2D eigenvalue weighted by atomic mass is 16.5. The molecule has 0 radical (unpaired) electrons. The van der Waals surface area contributed by atoms with Crippen molar-refractivity contribution in [1.29, 1.82) is 0 Å². The Morgan fingerprint density at radius 2 is 1.77 bits per heavy atom. The molecule has 0 aliphatic carbocycles. The number of carboxylic acid groups (broad SMARTS) is 1. The highest BCUT2D eigenvalue weighted by Crippen LogP contribution is 2.05. The molecular formula is C17H23N3O6. The summed E-state index contributed by atoms with van der Waals surface area (Å²) in [6.07, 6.45) is -0.211. The SMILES string of the molecule is COC(=O)[C@H](Cc1ccccc1)NC(=O)[C@@H](N)CC(=O)N[C@@H](C)C(=O)O. The number of esters is 1. The maximum absolute atomic E-state index is 12.2. The fourth-order valence-electron chi connectivity index (χ4n) is 2.12. The third kappa shape index (κ3) is 6.89. The van der Waals surface area contributed by atoms with E-state index in [0.29, 0.717) is 0 Å². The fourth-order valence-corrected chi connectivity index (χ4v) is 2.12. The van der Waals surface area contributed by atoms with Crippen LogP contribution in [0, 0.1) is 0 Å². The summed E-state index contributed by atoms with van der Waals surface area (Å²) >= 11 is 0. The molecule has 1 rings (SSSR count). The quantitative estimate of drug-likeness (QED) is 0.418. The molecule has 0 spiro atoms. The number of methoxy groups -OCH3 is 1. The topological polar surface area (TPSA) is 148 Å². The molecule has 5 N–H and O–H groups in total. The van der Waals surface area contributed by atoms with Crippen LogP contribution in [0.1, 0.15) is 18.9 Å². The van der Waals surface area contributed by atoms with Gasteiger partial charge in [0.1, 0.15) is 12.1 Å². The van der Waals surface area contributed by atoms with Gasteiger partial charge in [-0.3, -0.25) is 14.4 Å². The van der Waals surface area contributed by atoms with Crippen molar-refractivity contribution in [3.63, 3.8) is 0 Å². The van der Waals surface area contributed by atoms with Crippen molar-refractivity contribution in [2.75, 3.05) is 7.11 Å². The van der Waals surface area contributed by atoms with Gasteiger partial charge in [0.2, 0.25) is 11.8 Å². The van der Waals surface area contributed by atoms with Gasteiger partial charge in [-0.1, -0.05) is 30.3 Å². The first-order valence-corrected chi connectivity index (χ1v) is 7.94. The van der Waals surface area contributed by atoms with Gasteiger partial charge < -0.3 is 26.2 Å². The Bertz CT molecular complexity index is 649. The van der Waals surface area contributed by atoms with E-state index in [0.717, 1.165) is 5.56 Å². The van der Waals surface area contributed by atoms with E-state index in [2.05, 4.69) is 15.4 Å². The number of hydrogen-bond acceptors (Lipinski definition) is 6. The Labute approximate surface area is 150 Å². The van der Waals surface area contributed by atoms with Crippen molar-refractivity contribution in [2.24, 2.45) is 5.73 Å². The maximum Gasteiger partial charge on any atom is 0.328 e. The molecule has 1 aromatic carbocycles. The Morgan fingerprint density at radius 1 is 1.15 bits per heavy atom. The zero-order chi connectivity index (χ0) is 19.7. The van der Waals surface area contributed by atoms with Crippen LogP contribution in [0.15, 0.2) is 30.3 Å². The molecule has 0 heterocycles. The molecule has 0 unspecified atom stereocenters. The Morgan fingerprint density at radius 3 is 2.31 bits per heavy atom. The van der Waals surface area contributed by atoms with Gasteiger partial charge in [0, 0.05) is 6.42 Å². The number of nitrogens with two attached hydrogens (primary N) is 1. The minimum absolute atomic E-state index is 0.203. The van der Waals surface area contributed by atoms with Crippen molar-refractivity contribution in [3.05, 3.63) is 35.9 Å². The Balaban J connectivity index is 2.66. The number of hydrogen-bond donors (Lipinski definition) is 4. The molecule has 0 saturated carbocycles. The summed E-state index contributed by atoms with van der Waals surface area (Å²) in [6, 6.07) is 5.71. The van der Waals surface area contributed by atoms with Crippen molar-refractivity contribution in [3.8, 4) is 0 Å². The maximum atomic E-state index is 12.2. The lowest BCUT2D eigenvalue weighted by molar-refractivity contribution is -0.145. The van der Waals surface area contributed by atoms with Crippen LogP contribution < -0.4 is 16.4 Å². The zero-order valence-corrected chi connectivity index (χ0v) is 14.6. The number of rotatable bonds is 9. The minimum atomic E-state index is -1.24. The second kappa shape index (κ2) is 10.1. The summed E-state index contributed by atoms with van der Waals surface area (Å²) in [5.74, 6) is -3.24. The number of benzene rings is 1. The molecule has 142 valence electrons. The highest BCUT2D eigenvalue weighted by Gasteiger charge is 2.26. The molecule has 26 heavy (non-hydrogen) atoms. The summed E-state index contributed by atoms with van der Waals surface area (Å²) < 4.78 is 4.69. The largest absolute Gasteiger partial charge is 0.480 e. The van der Waals surface area contributed by atoms with Crippen LogP contribution in [-0.2, 0) is 30.3 Å². The molecule has 9 heteroatoms. The number of ether oxygens (including phenoxy) is 1. The van der Waals surface area contributed by atoms with E-state index < -0.39 is 48.3 Å². The number of carbonyl (C=O) groups excluding carboxylic acids is 3. The van der Waals surface area contributed by atoms with E-state index in [1.54, 1.807) is 24.3 Å². The smallest absolute Gasteiger partial charge is 0.328 e. The number of aliphatic carboxylic acids is 1. The predicted octanol–water partition coefficient (Wildman–Crippen LogP) is -0.806. The number of amides is 2. The standard InChI is InChI=1S/C17H23N3O6/c1-10(16(23)24)19-14(21)9-12(18)15(22)20-13(17(25)26-2)8-11-6-4-3-5-7-11/h3-7,10,12-13H,8-9,18H2,1-2H3,(H,19,21)(H,20,22)(H,23,24)/t10-,12-,13-/m0/s1. The molecule has 2 amide bonds. The second-order valence-corrected chi connectivity index (χ2v) is 5.71. The molecule has 0 saturated heterocycles. The summed E-state index contributed by atoms with van der Waals surface area (Å²) in [5, 5.41) is 13.4. The van der Waals surface area contributed by atoms with Crippen molar-refractivity contribution < 1.29 is 29.0 Å². The van der Waals surface area contributed by atoms with Crippen LogP contribution in [0.4, 0.5) is 0 Å². The first-order valence-electron chi connectivity index (χ1n) is 7.94. The Kier molecular flexibility index (Phi) is 8.23. The summed E-state index contributed by atoms with van der Waals surface area (Å²) in [7, 11) is 1.20. The summed E-state index contributed by atoms with van der Waals surface area (Å²) in [5.41, 5.74) is 6.49. The second-order valence-electron chi connectivity index (χ2n) is 5.71. The van der Waals surface area contributed by atoms with E-state index in [1.165, 1.54) is 14.0 Å². The van der Waals surface area contributed by atoms with E-state index >= 15 is 0 Å². The van der Waals surface area contributed by atoms with Gasteiger partial charge in [-0.2, -0.15) is 0 Å². The van der Waals surface area contributed by atoms with Crippen LogP contribution in [-0.4, -0.2) is 54.1 Å². The predicted molar refractivity (Wildman–Crippen MR) is 91.9 cm³/mol. The summed E-state index contributed by atoms with van der Waals surface area (Å²) in [6.45, 7) is 1.29. The van der Waals surface area contributed by atoms with Gasteiger partial charge in [0.15, 0.2) is 0 Å². The van der Waals surface area contributed by atoms with Crippen LogP contribution in [0.3, 0.4) is 0 Å². The first kappa shape index (κ1) is 21.1. The molecule has 0 aliphatic rings. The molecule has 0 aliphatic heterocycles. The molecule has 0 bridgehead atoms. The lowest BCUT2D eigenvalue weighted by Gasteiger charge is -2.19.